The molecule has 1 saturated carbocycles. The summed E-state index contributed by atoms with van der Waals surface area (Å²) in [6, 6.07) is 7.48. The minimum absolute atomic E-state index is 0.416. The standard InChI is InChI=1S/C15H18N4O2S2/c20-23(21,15-2-1-11-22-15)19-9-7-18(8-10-19)14-6-5-13(16-17-14)12-3-4-12/h1-2,5-6,11-12H,3-4,7-10H2. The highest BCUT2D eigenvalue weighted by atomic mass is 32.2. The Hall–Kier alpha value is -1.51. The van der Waals surface area contributed by atoms with Crippen LogP contribution >= 0.6 is 11.3 Å². The van der Waals surface area contributed by atoms with Gasteiger partial charge in [0.05, 0.1) is 5.69 Å². The Morgan fingerprint density at radius 3 is 2.39 bits per heavy atom. The van der Waals surface area contributed by atoms with Gasteiger partial charge in [-0.15, -0.1) is 16.4 Å². The number of nitrogens with zero attached hydrogens (tertiary/aromatic N) is 4. The highest BCUT2D eigenvalue weighted by Crippen LogP contribution is 2.38. The largest absolute Gasteiger partial charge is 0.352 e. The molecule has 1 aliphatic carbocycles. The summed E-state index contributed by atoms with van der Waals surface area (Å²) in [6.45, 7) is 2.24. The average molecular weight is 350 g/mol. The molecule has 2 aromatic rings. The van der Waals surface area contributed by atoms with Gasteiger partial charge in [0, 0.05) is 32.1 Å². The molecule has 0 unspecified atom stereocenters. The smallest absolute Gasteiger partial charge is 0.252 e. The van der Waals surface area contributed by atoms with E-state index in [2.05, 4.69) is 21.2 Å². The maximum Gasteiger partial charge on any atom is 0.252 e. The first-order valence-corrected chi connectivity index (χ1v) is 10.1. The highest BCUT2D eigenvalue weighted by molar-refractivity contribution is 7.91. The summed E-state index contributed by atoms with van der Waals surface area (Å²) in [5, 5.41) is 10.4. The van der Waals surface area contributed by atoms with Crippen molar-refractivity contribution in [2.45, 2.75) is 23.0 Å². The summed E-state index contributed by atoms with van der Waals surface area (Å²) in [5.41, 5.74) is 1.08. The predicted octanol–water partition coefficient (Wildman–Crippen LogP) is 1.93. The molecule has 0 N–H and O–H groups in total. The lowest BCUT2D eigenvalue weighted by molar-refractivity contribution is 0.384. The third-order valence-electron chi connectivity index (χ3n) is 4.32. The van der Waals surface area contributed by atoms with Crippen molar-refractivity contribution in [3.8, 4) is 0 Å². The topological polar surface area (TPSA) is 66.4 Å². The zero-order valence-corrected chi connectivity index (χ0v) is 14.3. The Labute approximate surface area is 139 Å². The molecule has 0 amide bonds. The zero-order chi connectivity index (χ0) is 15.9. The Morgan fingerprint density at radius 2 is 1.83 bits per heavy atom. The van der Waals surface area contributed by atoms with E-state index >= 15 is 0 Å². The minimum atomic E-state index is -3.34. The summed E-state index contributed by atoms with van der Waals surface area (Å²) in [4.78, 5) is 2.10. The fraction of sp³-hybridized carbons (Fsp3) is 0.467. The molecule has 0 aromatic carbocycles. The van der Waals surface area contributed by atoms with Gasteiger partial charge in [0.2, 0.25) is 0 Å². The van der Waals surface area contributed by atoms with Crippen LogP contribution in [0.15, 0.2) is 33.9 Å². The van der Waals surface area contributed by atoms with Crippen molar-refractivity contribution in [1.82, 2.24) is 14.5 Å². The molecule has 0 radical (unpaired) electrons. The van der Waals surface area contributed by atoms with E-state index in [-0.39, 0.29) is 0 Å². The molecular formula is C15H18N4O2S2. The van der Waals surface area contributed by atoms with Crippen molar-refractivity contribution in [3.63, 3.8) is 0 Å². The Bertz CT molecular complexity index is 762. The second kappa shape index (κ2) is 5.85. The lowest BCUT2D eigenvalue weighted by Gasteiger charge is -2.34. The fourth-order valence-electron chi connectivity index (χ4n) is 2.80. The van der Waals surface area contributed by atoms with Gasteiger partial charge >= 0.3 is 0 Å². The molecule has 1 saturated heterocycles. The number of rotatable bonds is 4. The van der Waals surface area contributed by atoms with E-state index in [4.69, 9.17) is 0 Å². The molecule has 23 heavy (non-hydrogen) atoms. The molecule has 0 atom stereocenters. The van der Waals surface area contributed by atoms with Crippen molar-refractivity contribution in [2.75, 3.05) is 31.1 Å². The van der Waals surface area contributed by atoms with E-state index in [9.17, 15) is 8.42 Å². The lowest BCUT2D eigenvalue weighted by Crippen LogP contribution is -2.48. The molecular weight excluding hydrogens is 332 g/mol. The van der Waals surface area contributed by atoms with Gasteiger partial charge in [0.15, 0.2) is 5.82 Å². The summed E-state index contributed by atoms with van der Waals surface area (Å²) in [7, 11) is -3.34. The molecule has 3 heterocycles. The number of aromatic nitrogens is 2. The van der Waals surface area contributed by atoms with Gasteiger partial charge in [0.25, 0.3) is 10.0 Å². The van der Waals surface area contributed by atoms with Crippen LogP contribution in [0.1, 0.15) is 24.5 Å². The van der Waals surface area contributed by atoms with E-state index in [0.717, 1.165) is 11.5 Å². The fourth-order valence-corrected chi connectivity index (χ4v) is 5.36. The van der Waals surface area contributed by atoms with Crippen LogP contribution in [0.5, 0.6) is 0 Å². The summed E-state index contributed by atoms with van der Waals surface area (Å²) >= 11 is 1.27. The van der Waals surface area contributed by atoms with Crippen LogP contribution in [0, 0.1) is 0 Å². The lowest BCUT2D eigenvalue weighted by atomic mass is 10.2. The first kappa shape index (κ1) is 15.0. The van der Waals surface area contributed by atoms with Gasteiger partial charge in [-0.05, 0) is 36.4 Å². The van der Waals surface area contributed by atoms with Crippen LogP contribution in [0.3, 0.4) is 0 Å². The molecule has 6 nitrogen and oxygen atoms in total. The van der Waals surface area contributed by atoms with Gasteiger partial charge in [-0.1, -0.05) is 6.07 Å². The molecule has 8 heteroatoms. The Kier molecular flexibility index (Phi) is 3.82. The van der Waals surface area contributed by atoms with E-state index in [1.807, 2.05) is 6.07 Å². The highest BCUT2D eigenvalue weighted by Gasteiger charge is 2.30. The first-order valence-electron chi connectivity index (χ1n) is 7.77. The molecule has 0 spiro atoms. The number of piperazine rings is 1. The van der Waals surface area contributed by atoms with E-state index < -0.39 is 10.0 Å². The number of hydrogen-bond donors (Lipinski definition) is 0. The second-order valence-corrected chi connectivity index (χ2v) is 9.03. The molecule has 4 rings (SSSR count). The van der Waals surface area contributed by atoms with Crippen LogP contribution in [0.25, 0.3) is 0 Å². The molecule has 2 aromatic heterocycles. The van der Waals surface area contributed by atoms with Gasteiger partial charge < -0.3 is 4.90 Å². The van der Waals surface area contributed by atoms with Crippen LogP contribution in [-0.4, -0.2) is 49.1 Å². The Morgan fingerprint density at radius 1 is 1.04 bits per heavy atom. The number of sulfonamides is 1. The maximum absolute atomic E-state index is 12.5. The van der Waals surface area contributed by atoms with Crippen LogP contribution in [-0.2, 0) is 10.0 Å². The quantitative estimate of drug-likeness (QED) is 0.843. The van der Waals surface area contributed by atoms with Gasteiger partial charge in [-0.2, -0.15) is 9.40 Å². The number of thiophene rings is 1. The van der Waals surface area contributed by atoms with Crippen molar-refractivity contribution in [1.29, 1.82) is 0 Å². The molecule has 2 fully saturated rings. The first-order chi connectivity index (χ1) is 11.1. The van der Waals surface area contributed by atoms with Crippen LogP contribution in [0.4, 0.5) is 5.82 Å². The van der Waals surface area contributed by atoms with Gasteiger partial charge in [-0.25, -0.2) is 8.42 Å². The monoisotopic (exact) mass is 350 g/mol. The third kappa shape index (κ3) is 2.98. The van der Waals surface area contributed by atoms with Crippen molar-refractivity contribution in [2.24, 2.45) is 0 Å². The molecule has 122 valence electrons. The second-order valence-electron chi connectivity index (χ2n) is 5.91. The van der Waals surface area contributed by atoms with Gasteiger partial charge in [-0.3, -0.25) is 0 Å². The van der Waals surface area contributed by atoms with Crippen LogP contribution in [0.2, 0.25) is 0 Å². The maximum atomic E-state index is 12.5. The number of hydrogen-bond acceptors (Lipinski definition) is 6. The molecule has 1 aliphatic heterocycles. The van der Waals surface area contributed by atoms with E-state index in [0.29, 0.717) is 36.3 Å². The molecule has 0 bridgehead atoms. The SMILES string of the molecule is O=S(=O)(c1cccs1)N1CCN(c2ccc(C3CC3)nn2)CC1. The number of anilines is 1. The van der Waals surface area contributed by atoms with E-state index in [1.54, 1.807) is 21.8 Å². The van der Waals surface area contributed by atoms with Crippen LogP contribution < -0.4 is 4.90 Å². The Balaban J connectivity index is 1.42. The summed E-state index contributed by atoms with van der Waals surface area (Å²) < 4.78 is 27.0. The minimum Gasteiger partial charge on any atom is -0.352 e. The average Bonchev–Trinajstić information content (AvgIpc) is 3.28. The zero-order valence-electron chi connectivity index (χ0n) is 12.6. The van der Waals surface area contributed by atoms with E-state index in [1.165, 1.54) is 24.2 Å². The van der Waals surface area contributed by atoms with Gasteiger partial charge in [0.1, 0.15) is 4.21 Å². The molecule has 2 aliphatic rings. The third-order valence-corrected chi connectivity index (χ3v) is 7.59. The predicted molar refractivity (Wildman–Crippen MR) is 89.3 cm³/mol. The van der Waals surface area contributed by atoms with Crippen molar-refractivity contribution in [3.05, 3.63) is 35.3 Å². The normalized spacial score (nSPS) is 19.9. The summed E-state index contributed by atoms with van der Waals surface area (Å²) in [6.07, 6.45) is 2.43. The summed E-state index contributed by atoms with van der Waals surface area (Å²) in [5.74, 6) is 1.44. The van der Waals surface area contributed by atoms with Crippen molar-refractivity contribution < 1.29 is 8.42 Å². The van der Waals surface area contributed by atoms with Crippen molar-refractivity contribution >= 4 is 27.2 Å².